The van der Waals surface area contributed by atoms with Crippen LogP contribution in [0.1, 0.15) is 42.9 Å². The van der Waals surface area contributed by atoms with E-state index >= 15 is 0 Å². The first-order valence-electron chi connectivity index (χ1n) is 8.81. The van der Waals surface area contributed by atoms with E-state index in [2.05, 4.69) is 48.0 Å². The predicted octanol–water partition coefficient (Wildman–Crippen LogP) is 5.44. The summed E-state index contributed by atoms with van der Waals surface area (Å²) in [6.07, 6.45) is 10.2. The smallest absolute Gasteiger partial charge is 0.119 e. The summed E-state index contributed by atoms with van der Waals surface area (Å²) in [5, 5.41) is 8.21. The van der Waals surface area contributed by atoms with Crippen LogP contribution in [-0.2, 0) is 6.42 Å². The van der Waals surface area contributed by atoms with Crippen LogP contribution < -0.4 is 4.74 Å². The number of ether oxygens (including phenoxy) is 1. The fraction of sp³-hybridized carbons (Fsp3) is 0.273. The Hall–Kier alpha value is -2.68. The lowest BCUT2D eigenvalue weighted by molar-refractivity contribution is 0.363. The highest BCUT2D eigenvalue weighted by atomic mass is 16.5. The Kier molecular flexibility index (Phi) is 8.19. The first kappa shape index (κ1) is 18.7. The maximum atomic E-state index is 5.44. The van der Waals surface area contributed by atoms with Gasteiger partial charge in [0, 0.05) is 0 Å². The normalized spacial score (nSPS) is 11.2. The van der Waals surface area contributed by atoms with E-state index in [9.17, 15) is 0 Å². The second-order valence-electron chi connectivity index (χ2n) is 5.86. The van der Waals surface area contributed by atoms with Crippen LogP contribution in [0.3, 0.4) is 0 Å². The van der Waals surface area contributed by atoms with Crippen LogP contribution in [0.15, 0.2) is 71.4 Å². The summed E-state index contributed by atoms with van der Waals surface area (Å²) in [6, 6.07) is 16.2. The van der Waals surface area contributed by atoms with Gasteiger partial charge < -0.3 is 4.74 Å². The summed E-state index contributed by atoms with van der Waals surface area (Å²) in [5.74, 6) is 0.819. The number of aryl methyl sites for hydroxylation is 1. The molecule has 0 amide bonds. The summed E-state index contributed by atoms with van der Waals surface area (Å²) in [4.78, 5) is 0. The van der Waals surface area contributed by atoms with Crippen LogP contribution in [0.2, 0.25) is 0 Å². The minimum Gasteiger partial charge on any atom is -0.490 e. The third-order valence-corrected chi connectivity index (χ3v) is 3.78. The van der Waals surface area contributed by atoms with Crippen molar-refractivity contribution in [1.29, 1.82) is 0 Å². The Morgan fingerprint density at radius 3 is 2.04 bits per heavy atom. The quantitative estimate of drug-likeness (QED) is 0.247. The summed E-state index contributed by atoms with van der Waals surface area (Å²) in [7, 11) is 0. The average molecular weight is 334 g/mol. The minimum atomic E-state index is 0.509. The Bertz CT molecular complexity index is 685. The third kappa shape index (κ3) is 7.17. The minimum absolute atomic E-state index is 0.509. The molecule has 0 spiro atoms. The zero-order valence-corrected chi connectivity index (χ0v) is 14.9. The first-order chi connectivity index (χ1) is 12.3. The predicted molar refractivity (Wildman–Crippen MR) is 107 cm³/mol. The van der Waals surface area contributed by atoms with E-state index in [1.165, 1.54) is 24.8 Å². The van der Waals surface area contributed by atoms with Crippen molar-refractivity contribution in [2.45, 2.75) is 32.6 Å². The van der Waals surface area contributed by atoms with Crippen molar-refractivity contribution in [3.63, 3.8) is 0 Å². The van der Waals surface area contributed by atoms with Gasteiger partial charge in [-0.25, -0.2) is 0 Å². The number of nitrogens with zero attached hydrogens (tertiary/aromatic N) is 2. The van der Waals surface area contributed by atoms with E-state index in [4.69, 9.17) is 4.74 Å². The fourth-order valence-corrected chi connectivity index (χ4v) is 2.35. The molecule has 0 saturated carbocycles. The van der Waals surface area contributed by atoms with Crippen molar-refractivity contribution < 1.29 is 4.74 Å². The molecule has 0 saturated heterocycles. The van der Waals surface area contributed by atoms with Gasteiger partial charge in [0.1, 0.15) is 12.4 Å². The lowest BCUT2D eigenvalue weighted by Gasteiger charge is -2.02. The molecule has 2 aromatic carbocycles. The Labute approximate surface area is 150 Å². The lowest BCUT2D eigenvalue weighted by atomic mass is 10.1. The highest BCUT2D eigenvalue weighted by Crippen LogP contribution is 2.11. The second kappa shape index (κ2) is 11.0. The molecule has 0 unspecified atom stereocenters. The molecule has 0 radical (unpaired) electrons. The molecule has 2 rings (SSSR count). The molecule has 25 heavy (non-hydrogen) atoms. The molecule has 130 valence electrons. The van der Waals surface area contributed by atoms with Crippen LogP contribution >= 0.6 is 0 Å². The topological polar surface area (TPSA) is 34.0 Å². The van der Waals surface area contributed by atoms with Gasteiger partial charge in [-0.05, 0) is 53.8 Å². The van der Waals surface area contributed by atoms with Crippen LogP contribution in [0.4, 0.5) is 0 Å². The molecule has 2 aromatic rings. The van der Waals surface area contributed by atoms with E-state index in [-0.39, 0.29) is 0 Å². The van der Waals surface area contributed by atoms with Crippen molar-refractivity contribution >= 4 is 12.4 Å². The number of hydrogen-bond acceptors (Lipinski definition) is 3. The third-order valence-electron chi connectivity index (χ3n) is 3.78. The van der Waals surface area contributed by atoms with Crippen molar-refractivity contribution in [1.82, 2.24) is 0 Å². The van der Waals surface area contributed by atoms with Crippen molar-refractivity contribution in [2.75, 3.05) is 6.61 Å². The molecule has 0 aliphatic carbocycles. The average Bonchev–Trinajstić information content (AvgIpc) is 2.66. The van der Waals surface area contributed by atoms with Gasteiger partial charge in [-0.3, -0.25) is 0 Å². The molecule has 0 N–H and O–H groups in total. The number of hydrogen-bond donors (Lipinski definition) is 0. The van der Waals surface area contributed by atoms with E-state index in [1.54, 1.807) is 18.5 Å². The molecule has 0 aliphatic rings. The van der Waals surface area contributed by atoms with E-state index in [1.807, 2.05) is 24.3 Å². The molecule has 0 bridgehead atoms. The molecular weight excluding hydrogens is 308 g/mol. The monoisotopic (exact) mass is 334 g/mol. The van der Waals surface area contributed by atoms with Crippen LogP contribution in [0.25, 0.3) is 0 Å². The number of benzene rings is 2. The highest BCUT2D eigenvalue weighted by molar-refractivity contribution is 5.82. The largest absolute Gasteiger partial charge is 0.490 e. The van der Waals surface area contributed by atoms with Gasteiger partial charge in [0.25, 0.3) is 0 Å². The summed E-state index contributed by atoms with van der Waals surface area (Å²) in [6.45, 7) is 6.36. The van der Waals surface area contributed by atoms with Crippen molar-refractivity contribution in [3.8, 4) is 5.75 Å². The maximum absolute atomic E-state index is 5.44. The number of rotatable bonds is 10. The fourth-order valence-electron chi connectivity index (χ4n) is 2.35. The van der Waals surface area contributed by atoms with Gasteiger partial charge in [-0.1, -0.05) is 56.7 Å². The molecule has 0 atom stereocenters. The summed E-state index contributed by atoms with van der Waals surface area (Å²) in [5.41, 5.74) is 3.42. The zero-order chi connectivity index (χ0) is 17.7. The van der Waals surface area contributed by atoms with E-state index < -0.39 is 0 Å². The number of unbranched alkanes of at least 4 members (excludes halogenated alkanes) is 2. The molecule has 3 nitrogen and oxygen atoms in total. The van der Waals surface area contributed by atoms with Crippen molar-refractivity contribution in [2.24, 2.45) is 10.2 Å². The lowest BCUT2D eigenvalue weighted by Crippen LogP contribution is -1.92. The summed E-state index contributed by atoms with van der Waals surface area (Å²) >= 11 is 0. The van der Waals surface area contributed by atoms with Gasteiger partial charge in [0.15, 0.2) is 0 Å². The van der Waals surface area contributed by atoms with Crippen molar-refractivity contribution in [3.05, 3.63) is 77.9 Å². The maximum Gasteiger partial charge on any atom is 0.119 e. The van der Waals surface area contributed by atoms with Gasteiger partial charge in [0.05, 0.1) is 12.4 Å². The second-order valence-corrected chi connectivity index (χ2v) is 5.86. The Morgan fingerprint density at radius 2 is 1.48 bits per heavy atom. The van der Waals surface area contributed by atoms with Gasteiger partial charge in [-0.2, -0.15) is 10.2 Å². The molecule has 0 aromatic heterocycles. The SMILES string of the molecule is C=CCOc1ccc(/C=N/N=C/c2ccc(CCCCC)cc2)cc1. The van der Waals surface area contributed by atoms with E-state index in [0.717, 1.165) is 23.3 Å². The highest BCUT2D eigenvalue weighted by Gasteiger charge is 1.94. The Balaban J connectivity index is 1.83. The molecular formula is C22H26N2O. The first-order valence-corrected chi connectivity index (χ1v) is 8.81. The summed E-state index contributed by atoms with van der Waals surface area (Å²) < 4.78 is 5.44. The van der Waals surface area contributed by atoms with Gasteiger partial charge in [0.2, 0.25) is 0 Å². The molecule has 0 fully saturated rings. The van der Waals surface area contributed by atoms with E-state index in [0.29, 0.717) is 6.61 Å². The zero-order valence-electron chi connectivity index (χ0n) is 14.9. The standard InChI is InChI=1S/C22H26N2O/c1-3-5-6-7-19-8-10-20(11-9-19)17-23-24-18-21-12-14-22(15-13-21)25-16-4-2/h4,8-15,17-18H,2-3,5-7,16H2,1H3/b23-17+,24-18+. The van der Waals surface area contributed by atoms with Gasteiger partial charge in [-0.15, -0.1) is 0 Å². The molecule has 3 heteroatoms. The van der Waals surface area contributed by atoms with Crippen LogP contribution in [0, 0.1) is 0 Å². The molecule has 0 aliphatic heterocycles. The Morgan fingerprint density at radius 1 is 0.880 bits per heavy atom. The molecule has 0 heterocycles. The van der Waals surface area contributed by atoms with Crippen LogP contribution in [-0.4, -0.2) is 19.0 Å². The van der Waals surface area contributed by atoms with Gasteiger partial charge >= 0.3 is 0 Å². The van der Waals surface area contributed by atoms with Crippen LogP contribution in [0.5, 0.6) is 5.75 Å².